The summed E-state index contributed by atoms with van der Waals surface area (Å²) in [6.07, 6.45) is 0. The first-order chi connectivity index (χ1) is 30.2. The van der Waals surface area contributed by atoms with Crippen LogP contribution >= 0.6 is 11.8 Å². The van der Waals surface area contributed by atoms with E-state index in [1.807, 2.05) is 23.9 Å². The average molecular weight is 797 g/mol. The Labute approximate surface area is 358 Å². The zero-order valence-corrected chi connectivity index (χ0v) is 33.8. The minimum absolute atomic E-state index is 0.656. The number of hydrogen-bond donors (Lipinski definition) is 0. The predicted octanol–water partition coefficient (Wildman–Crippen LogP) is 15.3. The molecule has 286 valence electrons. The second-order valence-corrected chi connectivity index (χ2v) is 16.5. The van der Waals surface area contributed by atoms with E-state index in [1.54, 1.807) is 0 Å². The van der Waals surface area contributed by atoms with Gasteiger partial charge in [0.05, 0.1) is 33.6 Å². The number of hydrogen-bond acceptors (Lipinski definition) is 4. The Morgan fingerprint density at radius 3 is 1.77 bits per heavy atom. The van der Waals surface area contributed by atoms with Crippen LogP contribution in [0.2, 0.25) is 0 Å². The summed E-state index contributed by atoms with van der Waals surface area (Å²) in [6.45, 7) is 0. The van der Waals surface area contributed by atoms with Crippen LogP contribution in [0.4, 0.5) is 17.1 Å². The number of para-hydroxylation sites is 3. The third kappa shape index (κ3) is 6.09. The van der Waals surface area contributed by atoms with Gasteiger partial charge in [0.15, 0.2) is 0 Å². The van der Waals surface area contributed by atoms with E-state index in [4.69, 9.17) is 9.97 Å². The molecule has 61 heavy (non-hydrogen) atoms. The Bertz CT molecular complexity index is 3470. The Kier molecular flexibility index (Phi) is 8.39. The van der Waals surface area contributed by atoms with Crippen molar-refractivity contribution in [2.75, 3.05) is 4.90 Å². The number of anilines is 3. The first kappa shape index (κ1) is 35.2. The average Bonchev–Trinajstić information content (AvgIpc) is 3.67. The van der Waals surface area contributed by atoms with E-state index in [0.717, 1.165) is 50.0 Å². The molecule has 0 amide bonds. The summed E-state index contributed by atoms with van der Waals surface area (Å²) in [7, 11) is 0. The summed E-state index contributed by atoms with van der Waals surface area (Å²) in [5.41, 5.74) is 15.6. The van der Waals surface area contributed by atoms with Gasteiger partial charge >= 0.3 is 0 Å². The number of nitrogens with zero attached hydrogens (tertiary/aromatic N) is 4. The predicted molar refractivity (Wildman–Crippen MR) is 254 cm³/mol. The second kappa shape index (κ2) is 14.5. The summed E-state index contributed by atoms with van der Waals surface area (Å²) >= 11 is 1.84. The van der Waals surface area contributed by atoms with Crippen LogP contribution in [0.3, 0.4) is 0 Å². The lowest BCUT2D eigenvalue weighted by atomic mass is 9.98. The highest BCUT2D eigenvalue weighted by atomic mass is 32.2. The van der Waals surface area contributed by atoms with Crippen molar-refractivity contribution in [2.24, 2.45) is 0 Å². The molecular weight excluding hydrogens is 761 g/mol. The molecule has 2 aromatic heterocycles. The fourth-order valence-electron chi connectivity index (χ4n) is 8.89. The maximum absolute atomic E-state index is 5.31. The molecule has 0 spiro atoms. The molecular formula is C56H36N4S. The van der Waals surface area contributed by atoms with Crippen molar-refractivity contribution in [3.05, 3.63) is 218 Å². The number of benzene rings is 9. The van der Waals surface area contributed by atoms with Crippen LogP contribution < -0.4 is 4.90 Å². The quantitative estimate of drug-likeness (QED) is 0.168. The van der Waals surface area contributed by atoms with Crippen LogP contribution in [0.15, 0.2) is 228 Å². The van der Waals surface area contributed by atoms with E-state index in [9.17, 15) is 0 Å². The maximum Gasteiger partial charge on any atom is 0.235 e. The minimum Gasteiger partial charge on any atom is -0.308 e. The van der Waals surface area contributed by atoms with Crippen molar-refractivity contribution in [2.45, 2.75) is 9.79 Å². The first-order valence-corrected chi connectivity index (χ1v) is 21.4. The zero-order valence-electron chi connectivity index (χ0n) is 33.0. The molecule has 12 rings (SSSR count). The van der Waals surface area contributed by atoms with Crippen molar-refractivity contribution in [3.8, 4) is 50.6 Å². The fourth-order valence-corrected chi connectivity index (χ4v) is 9.99. The third-order valence-electron chi connectivity index (χ3n) is 11.8. The molecule has 1 aliphatic rings. The molecule has 0 bridgehead atoms. The monoisotopic (exact) mass is 796 g/mol. The van der Waals surface area contributed by atoms with Gasteiger partial charge in [-0.25, -0.2) is 9.97 Å². The number of aromatic nitrogens is 3. The normalized spacial score (nSPS) is 12.2. The molecule has 0 saturated carbocycles. The Balaban J connectivity index is 0.957. The highest BCUT2D eigenvalue weighted by Gasteiger charge is 2.26. The molecule has 0 N–H and O–H groups in total. The van der Waals surface area contributed by atoms with Crippen LogP contribution in [0.25, 0.3) is 83.3 Å². The largest absolute Gasteiger partial charge is 0.308 e. The molecule has 3 heterocycles. The first-order valence-electron chi connectivity index (χ1n) is 20.6. The van der Waals surface area contributed by atoms with Crippen molar-refractivity contribution in [1.82, 2.24) is 14.5 Å². The van der Waals surface area contributed by atoms with Gasteiger partial charge in [-0.15, -0.1) is 0 Å². The lowest BCUT2D eigenvalue weighted by molar-refractivity contribution is 1.01. The zero-order chi connectivity index (χ0) is 40.3. The van der Waals surface area contributed by atoms with Crippen LogP contribution in [-0.4, -0.2) is 14.5 Å². The number of rotatable bonds is 6. The molecule has 9 aromatic carbocycles. The summed E-state index contributed by atoms with van der Waals surface area (Å²) in [5.74, 6) is 0.656. The molecule has 0 fully saturated rings. The molecule has 0 unspecified atom stereocenters. The van der Waals surface area contributed by atoms with E-state index in [1.165, 1.54) is 54.2 Å². The van der Waals surface area contributed by atoms with Crippen LogP contribution in [0.1, 0.15) is 0 Å². The summed E-state index contributed by atoms with van der Waals surface area (Å²) in [6, 6.07) is 78.1. The fraction of sp³-hybridized carbons (Fsp3) is 0. The van der Waals surface area contributed by atoms with Crippen LogP contribution in [0, 0.1) is 0 Å². The molecule has 4 nitrogen and oxygen atoms in total. The summed E-state index contributed by atoms with van der Waals surface area (Å²) in [5, 5.41) is 3.37. The van der Waals surface area contributed by atoms with Crippen LogP contribution in [0.5, 0.6) is 0 Å². The van der Waals surface area contributed by atoms with Gasteiger partial charge in [0.2, 0.25) is 5.95 Å². The number of fused-ring (bicyclic) bond motifs is 6. The smallest absolute Gasteiger partial charge is 0.235 e. The maximum atomic E-state index is 5.31. The van der Waals surface area contributed by atoms with Gasteiger partial charge in [0, 0.05) is 37.2 Å². The van der Waals surface area contributed by atoms with Gasteiger partial charge in [0.25, 0.3) is 0 Å². The lowest BCUT2D eigenvalue weighted by Crippen LogP contribution is -2.14. The van der Waals surface area contributed by atoms with Crippen molar-refractivity contribution >= 4 is 61.5 Å². The highest BCUT2D eigenvalue weighted by Crippen LogP contribution is 2.52. The second-order valence-electron chi connectivity index (χ2n) is 15.4. The van der Waals surface area contributed by atoms with Gasteiger partial charge in [0.1, 0.15) is 0 Å². The van der Waals surface area contributed by atoms with E-state index in [0.29, 0.717) is 5.95 Å². The van der Waals surface area contributed by atoms with Gasteiger partial charge in [-0.05, 0) is 94.0 Å². The third-order valence-corrected chi connectivity index (χ3v) is 12.9. The standard InChI is InChI=1S/C56H36N4S/c1-3-15-37(16-4-1)41-21-14-22-44(34-41)59-50-27-11-12-28-53(50)61-54-36-43(30-32-51(54)59)40-20-13-19-39(33-40)42-29-31-46-45-23-8-10-26-49(45)60(52(46)35-42)56-57-48-25-9-7-24-47(48)55(58-56)38-17-5-2-6-18-38/h1-36H. The van der Waals surface area contributed by atoms with Gasteiger partial charge < -0.3 is 4.90 Å². The molecule has 0 aliphatic carbocycles. The van der Waals surface area contributed by atoms with Crippen molar-refractivity contribution < 1.29 is 0 Å². The summed E-state index contributed by atoms with van der Waals surface area (Å²) in [4.78, 5) is 15.4. The Morgan fingerprint density at radius 2 is 0.934 bits per heavy atom. The van der Waals surface area contributed by atoms with E-state index < -0.39 is 0 Å². The minimum atomic E-state index is 0.656. The van der Waals surface area contributed by atoms with Crippen LogP contribution in [-0.2, 0) is 0 Å². The molecule has 1 aliphatic heterocycles. The van der Waals surface area contributed by atoms with Crippen molar-refractivity contribution in [1.29, 1.82) is 0 Å². The van der Waals surface area contributed by atoms with Crippen molar-refractivity contribution in [3.63, 3.8) is 0 Å². The highest BCUT2D eigenvalue weighted by molar-refractivity contribution is 7.99. The lowest BCUT2D eigenvalue weighted by Gasteiger charge is -2.33. The molecule has 5 heteroatoms. The molecule has 0 atom stereocenters. The van der Waals surface area contributed by atoms with E-state index >= 15 is 0 Å². The molecule has 11 aromatic rings. The van der Waals surface area contributed by atoms with Gasteiger partial charge in [-0.3, -0.25) is 4.57 Å². The topological polar surface area (TPSA) is 34.0 Å². The SMILES string of the molecule is c1ccc(-c2cccc(N3c4ccccc4Sc4cc(-c5cccc(-c6ccc7c8ccccc8n(-c8nc(-c9ccccc9)c9ccccc9n8)c7c6)c5)ccc43)c2)cc1. The van der Waals surface area contributed by atoms with Gasteiger partial charge in [-0.2, -0.15) is 0 Å². The molecule has 0 saturated heterocycles. The molecule has 0 radical (unpaired) electrons. The Morgan fingerprint density at radius 1 is 0.344 bits per heavy atom. The Hall–Kier alpha value is -7.73. The van der Waals surface area contributed by atoms with E-state index in [2.05, 4.69) is 216 Å². The summed E-state index contributed by atoms with van der Waals surface area (Å²) < 4.78 is 2.23. The van der Waals surface area contributed by atoms with E-state index in [-0.39, 0.29) is 0 Å². The van der Waals surface area contributed by atoms with Gasteiger partial charge in [-0.1, -0.05) is 169 Å².